The van der Waals surface area contributed by atoms with Crippen molar-refractivity contribution in [2.45, 2.75) is 110 Å². The molecule has 0 spiro atoms. The third-order valence-electron chi connectivity index (χ3n) is 10.5. The molecule has 9 atom stereocenters. The largest absolute Gasteiger partial charge is 0.463 e. The van der Waals surface area contributed by atoms with Crippen LogP contribution in [0.1, 0.15) is 73.6 Å². The number of aliphatic hydroxyl groups excluding tert-OH is 1. The van der Waals surface area contributed by atoms with Crippen LogP contribution < -0.4 is 5.32 Å². The first kappa shape index (κ1) is 34.4. The Morgan fingerprint density at radius 1 is 1.12 bits per heavy atom. The lowest BCUT2D eigenvalue weighted by Crippen LogP contribution is -2.56. The first-order valence-corrected chi connectivity index (χ1v) is 15.8. The molecule has 41 heavy (non-hydrogen) atoms. The van der Waals surface area contributed by atoms with Crippen LogP contribution in [0.15, 0.2) is 0 Å². The molecule has 3 fully saturated rings. The number of nitrogens with zero attached hydrogens (tertiary/aromatic N) is 2. The quantitative estimate of drug-likeness (QED) is 0.375. The lowest BCUT2D eigenvalue weighted by molar-refractivity contribution is -0.173. The summed E-state index contributed by atoms with van der Waals surface area (Å²) in [5.74, 6) is -0.747. The highest BCUT2D eigenvalue weighted by molar-refractivity contribution is 6.04. The van der Waals surface area contributed by atoms with Crippen molar-refractivity contribution in [3.05, 3.63) is 0 Å². The third kappa shape index (κ3) is 7.90. The van der Waals surface area contributed by atoms with Gasteiger partial charge in [-0.05, 0) is 112 Å². The van der Waals surface area contributed by atoms with Gasteiger partial charge in [-0.15, -0.1) is 0 Å². The molecule has 3 saturated heterocycles. The highest BCUT2D eigenvalue weighted by atomic mass is 16.5. The van der Waals surface area contributed by atoms with Crippen LogP contribution in [0, 0.1) is 29.1 Å². The fourth-order valence-corrected chi connectivity index (χ4v) is 7.92. The molecule has 3 aliphatic heterocycles. The second-order valence-corrected chi connectivity index (χ2v) is 14.4. The van der Waals surface area contributed by atoms with E-state index in [0.29, 0.717) is 12.3 Å². The van der Waals surface area contributed by atoms with E-state index in [1.165, 1.54) is 0 Å². The molecule has 0 aliphatic carbocycles. The molecule has 1 unspecified atom stereocenters. The Labute approximate surface area is 249 Å². The van der Waals surface area contributed by atoms with Gasteiger partial charge in [0.15, 0.2) is 5.78 Å². The minimum atomic E-state index is -1.31. The second kappa shape index (κ2) is 14.1. The molecular weight excluding hydrogens is 522 g/mol. The molecule has 3 rings (SSSR count). The van der Waals surface area contributed by atoms with Crippen LogP contribution in [0.4, 0.5) is 0 Å². The smallest absolute Gasteiger partial charge is 0.319 e. The zero-order valence-corrected chi connectivity index (χ0v) is 27.4. The van der Waals surface area contributed by atoms with E-state index in [0.717, 1.165) is 45.3 Å². The fraction of sp³-hybridized carbons (Fsp3) is 0.938. The maximum absolute atomic E-state index is 14.2. The number of Topliss-reactive ketones (excluding diaryl/α,β-unsaturated/α-hetero) is 1. The fourth-order valence-electron chi connectivity index (χ4n) is 7.92. The van der Waals surface area contributed by atoms with Crippen LogP contribution in [0.5, 0.6) is 0 Å². The molecule has 0 bridgehead atoms. The van der Waals surface area contributed by atoms with Gasteiger partial charge in [-0.1, -0.05) is 13.8 Å². The van der Waals surface area contributed by atoms with Gasteiger partial charge in [0.25, 0.3) is 0 Å². The van der Waals surface area contributed by atoms with Crippen molar-refractivity contribution < 1.29 is 28.9 Å². The average molecular weight is 582 g/mol. The lowest BCUT2D eigenvalue weighted by atomic mass is 9.67. The number of carbonyl (C=O) groups excluding carboxylic acids is 2. The number of aliphatic hydroxyl groups is 1. The predicted octanol–water partition coefficient (Wildman–Crippen LogP) is 2.98. The summed E-state index contributed by atoms with van der Waals surface area (Å²) in [6, 6.07) is 0.0525. The minimum Gasteiger partial charge on any atom is -0.463 e. The number of hydrogen-bond donors (Lipinski definition) is 2. The van der Waals surface area contributed by atoms with Crippen molar-refractivity contribution in [3.8, 4) is 0 Å². The second-order valence-electron chi connectivity index (χ2n) is 14.4. The van der Waals surface area contributed by atoms with Crippen LogP contribution in [-0.4, -0.2) is 117 Å². The number of ketones is 1. The van der Waals surface area contributed by atoms with Crippen molar-refractivity contribution in [2.24, 2.45) is 29.1 Å². The number of hydrogen-bond acceptors (Lipinski definition) is 9. The number of rotatable bonds is 5. The van der Waals surface area contributed by atoms with Crippen LogP contribution in [0.25, 0.3) is 0 Å². The molecular formula is C32H59N3O6. The number of ether oxygens (including phenoxy) is 3. The van der Waals surface area contributed by atoms with Gasteiger partial charge in [0.2, 0.25) is 0 Å². The summed E-state index contributed by atoms with van der Waals surface area (Å²) in [4.78, 5) is 32.2. The molecule has 0 amide bonds. The Morgan fingerprint density at radius 2 is 1.76 bits per heavy atom. The molecule has 9 nitrogen and oxygen atoms in total. The Bertz CT molecular complexity index is 877. The van der Waals surface area contributed by atoms with Gasteiger partial charge in [-0.3, -0.25) is 14.5 Å². The maximum Gasteiger partial charge on any atom is 0.319 e. The summed E-state index contributed by atoms with van der Waals surface area (Å²) in [5.41, 5.74) is -1.99. The summed E-state index contributed by atoms with van der Waals surface area (Å²) in [6.45, 7) is 14.7. The van der Waals surface area contributed by atoms with E-state index < -0.39 is 35.1 Å². The van der Waals surface area contributed by atoms with E-state index in [1.54, 1.807) is 21.0 Å². The molecule has 3 aliphatic rings. The highest BCUT2D eigenvalue weighted by Crippen LogP contribution is 2.42. The minimum absolute atomic E-state index is 0.0173. The topological polar surface area (TPSA) is 101 Å². The van der Waals surface area contributed by atoms with Crippen molar-refractivity contribution in [1.29, 1.82) is 0 Å². The Balaban J connectivity index is 1.99. The summed E-state index contributed by atoms with van der Waals surface area (Å²) >= 11 is 0. The van der Waals surface area contributed by atoms with Gasteiger partial charge in [-0.2, -0.15) is 0 Å². The molecule has 3 heterocycles. The Hall–Kier alpha value is -1.10. The molecule has 0 saturated carbocycles. The lowest BCUT2D eigenvalue weighted by Gasteiger charge is -2.47. The normalized spacial score (nSPS) is 40.9. The van der Waals surface area contributed by atoms with Gasteiger partial charge in [0, 0.05) is 31.7 Å². The van der Waals surface area contributed by atoms with Crippen molar-refractivity contribution >= 4 is 11.8 Å². The van der Waals surface area contributed by atoms with Crippen molar-refractivity contribution in [1.82, 2.24) is 15.1 Å². The number of nitrogens with one attached hydrogen (secondary N) is 1. The maximum atomic E-state index is 14.2. The number of piperidine rings is 1. The van der Waals surface area contributed by atoms with E-state index in [2.05, 4.69) is 36.0 Å². The number of esters is 1. The third-order valence-corrected chi connectivity index (χ3v) is 10.5. The molecule has 9 heteroatoms. The number of likely N-dealkylation sites (N-methyl/N-ethyl adjacent to an activating group) is 2. The van der Waals surface area contributed by atoms with Crippen LogP contribution in [-0.2, 0) is 23.8 Å². The van der Waals surface area contributed by atoms with Crippen molar-refractivity contribution in [2.75, 3.05) is 54.5 Å². The van der Waals surface area contributed by atoms with E-state index >= 15 is 0 Å². The van der Waals surface area contributed by atoms with Crippen LogP contribution >= 0.6 is 0 Å². The Morgan fingerprint density at radius 3 is 2.34 bits per heavy atom. The average Bonchev–Trinajstić information content (AvgIpc) is 2.92. The van der Waals surface area contributed by atoms with E-state index in [1.807, 2.05) is 27.9 Å². The van der Waals surface area contributed by atoms with Gasteiger partial charge < -0.3 is 29.5 Å². The van der Waals surface area contributed by atoms with E-state index in [9.17, 15) is 14.7 Å². The number of methoxy groups -OCH3 is 1. The highest BCUT2D eigenvalue weighted by Gasteiger charge is 2.50. The molecule has 0 radical (unpaired) electrons. The van der Waals surface area contributed by atoms with Crippen LogP contribution in [0.3, 0.4) is 0 Å². The molecule has 2 N–H and O–H groups in total. The van der Waals surface area contributed by atoms with Gasteiger partial charge in [0.05, 0.1) is 23.9 Å². The summed E-state index contributed by atoms with van der Waals surface area (Å²) in [6.07, 6.45) is 2.85. The van der Waals surface area contributed by atoms with Crippen LogP contribution in [0.2, 0.25) is 0 Å². The SMILES string of the molecule is CO[C@]1(C)C[C@@H](C)CN(C)C(C2CCNCC2)COC(=O)C(C)(C)C(=O)[C@H](C)[C@H]1C[C@@H]1O[C@H](C)C[C@H](N(C)C)[C@H]1O. The molecule has 0 aromatic carbocycles. The summed E-state index contributed by atoms with van der Waals surface area (Å²) < 4.78 is 18.6. The Kier molecular flexibility index (Phi) is 11.8. The zero-order chi connectivity index (χ0) is 30.7. The first-order chi connectivity index (χ1) is 19.1. The van der Waals surface area contributed by atoms with Gasteiger partial charge in [-0.25, -0.2) is 0 Å². The molecule has 0 aromatic rings. The first-order valence-electron chi connectivity index (χ1n) is 15.8. The number of carbonyl (C=O) groups is 2. The molecule has 0 aromatic heterocycles. The summed E-state index contributed by atoms with van der Waals surface area (Å²) in [7, 11) is 7.82. The van der Waals surface area contributed by atoms with Crippen molar-refractivity contribution in [3.63, 3.8) is 0 Å². The van der Waals surface area contributed by atoms with Gasteiger partial charge in [0.1, 0.15) is 12.0 Å². The zero-order valence-electron chi connectivity index (χ0n) is 27.4. The predicted molar refractivity (Wildman–Crippen MR) is 161 cm³/mol. The summed E-state index contributed by atoms with van der Waals surface area (Å²) in [5, 5.41) is 14.8. The van der Waals surface area contributed by atoms with Gasteiger partial charge >= 0.3 is 5.97 Å². The van der Waals surface area contributed by atoms with E-state index in [-0.39, 0.29) is 42.4 Å². The monoisotopic (exact) mass is 581 g/mol. The number of cyclic esters (lactones) is 1. The molecule has 238 valence electrons. The van der Waals surface area contributed by atoms with E-state index in [4.69, 9.17) is 14.2 Å². The standard InChI is InChI=1S/C32H59N3O6/c1-20-17-32(6,39-10)24(16-27-28(36)25(34(7)8)15-21(2)41-27)22(3)29(37)31(4,5)30(38)40-19-26(35(9)18-20)23-11-13-33-14-12-23/h20-28,33,36H,11-19H2,1-10H3/t20-,21-,22-,24-,25+,26?,27+,28-,32-/m1/s1.